The van der Waals surface area contributed by atoms with Gasteiger partial charge in [-0.3, -0.25) is 0 Å². The van der Waals surface area contributed by atoms with Crippen LogP contribution in [0.2, 0.25) is 0 Å². The Morgan fingerprint density at radius 2 is 1.62 bits per heavy atom. The SMILES string of the molecule is CC(C)(O)COC[C@H]1CC[C@H]2[C@@H]3CC[C@@]4(C)C[C@@](C)(O)CC[C@]4(C)[C@H]3CC[C@]12C. The Bertz CT molecular complexity index is 622. The Labute approximate surface area is 179 Å². The normalized spacial score (nSPS) is 52.6. The highest BCUT2D eigenvalue weighted by atomic mass is 16.5. The molecule has 168 valence electrons. The zero-order valence-electron chi connectivity index (χ0n) is 19.9. The summed E-state index contributed by atoms with van der Waals surface area (Å²) in [7, 11) is 0. The van der Waals surface area contributed by atoms with E-state index in [2.05, 4.69) is 27.7 Å². The van der Waals surface area contributed by atoms with Crippen LogP contribution in [0.3, 0.4) is 0 Å². The fourth-order valence-electron chi connectivity index (χ4n) is 8.77. The molecule has 0 aromatic heterocycles. The molecule has 0 saturated heterocycles. The molecule has 0 aromatic carbocycles. The second-order valence-electron chi connectivity index (χ2n) is 13.2. The smallest absolute Gasteiger partial charge is 0.0824 e. The minimum absolute atomic E-state index is 0.289. The van der Waals surface area contributed by atoms with Gasteiger partial charge in [-0.1, -0.05) is 20.8 Å². The molecule has 3 nitrogen and oxygen atoms in total. The molecule has 0 amide bonds. The van der Waals surface area contributed by atoms with Gasteiger partial charge in [-0.05, 0) is 118 Å². The number of hydrogen-bond donors (Lipinski definition) is 2. The predicted molar refractivity (Wildman–Crippen MR) is 118 cm³/mol. The quantitative estimate of drug-likeness (QED) is 0.641. The van der Waals surface area contributed by atoms with E-state index in [4.69, 9.17) is 4.74 Å². The summed E-state index contributed by atoms with van der Waals surface area (Å²) in [6.07, 6.45) is 11.1. The number of rotatable bonds is 4. The third kappa shape index (κ3) is 3.61. The van der Waals surface area contributed by atoms with E-state index in [0.29, 0.717) is 23.4 Å². The van der Waals surface area contributed by atoms with Crippen LogP contribution in [0.1, 0.15) is 99.3 Å². The third-order valence-electron chi connectivity index (χ3n) is 10.6. The minimum atomic E-state index is -0.735. The number of hydrogen-bond acceptors (Lipinski definition) is 3. The first-order valence-electron chi connectivity index (χ1n) is 12.3. The van der Waals surface area contributed by atoms with Gasteiger partial charge in [-0.15, -0.1) is 0 Å². The fraction of sp³-hybridized carbons (Fsp3) is 1.00. The molecule has 4 aliphatic rings. The summed E-state index contributed by atoms with van der Waals surface area (Å²) in [5, 5.41) is 20.8. The molecule has 0 aliphatic heterocycles. The summed E-state index contributed by atoms with van der Waals surface area (Å²) in [4.78, 5) is 0. The third-order valence-corrected chi connectivity index (χ3v) is 10.6. The minimum Gasteiger partial charge on any atom is -0.390 e. The van der Waals surface area contributed by atoms with Gasteiger partial charge in [0.2, 0.25) is 0 Å². The number of aliphatic hydroxyl groups is 2. The van der Waals surface area contributed by atoms with Crippen LogP contribution >= 0.6 is 0 Å². The topological polar surface area (TPSA) is 49.7 Å². The number of fused-ring (bicyclic) bond motifs is 5. The highest BCUT2D eigenvalue weighted by molar-refractivity contribution is 5.13. The van der Waals surface area contributed by atoms with Gasteiger partial charge in [0.25, 0.3) is 0 Å². The van der Waals surface area contributed by atoms with E-state index in [1.807, 2.05) is 13.8 Å². The van der Waals surface area contributed by atoms with Crippen LogP contribution in [-0.2, 0) is 4.74 Å². The molecular formula is C26H46O3. The first kappa shape index (κ1) is 22.1. The van der Waals surface area contributed by atoms with Crippen LogP contribution in [0.5, 0.6) is 0 Å². The summed E-state index contributed by atoms with van der Waals surface area (Å²) >= 11 is 0. The van der Waals surface area contributed by atoms with Crippen molar-refractivity contribution in [2.75, 3.05) is 13.2 Å². The Kier molecular flexibility index (Phi) is 5.28. The zero-order valence-corrected chi connectivity index (χ0v) is 19.9. The molecule has 8 atom stereocenters. The van der Waals surface area contributed by atoms with Crippen molar-refractivity contribution in [3.63, 3.8) is 0 Å². The van der Waals surface area contributed by atoms with Crippen molar-refractivity contribution in [3.05, 3.63) is 0 Å². The van der Waals surface area contributed by atoms with Gasteiger partial charge >= 0.3 is 0 Å². The second-order valence-corrected chi connectivity index (χ2v) is 13.2. The van der Waals surface area contributed by atoms with E-state index < -0.39 is 11.2 Å². The van der Waals surface area contributed by atoms with Crippen molar-refractivity contribution >= 4 is 0 Å². The molecule has 29 heavy (non-hydrogen) atoms. The average Bonchev–Trinajstić information content (AvgIpc) is 2.91. The maximum Gasteiger partial charge on any atom is 0.0824 e. The van der Waals surface area contributed by atoms with Crippen LogP contribution in [-0.4, -0.2) is 34.6 Å². The summed E-state index contributed by atoms with van der Waals surface area (Å²) in [5.74, 6) is 3.16. The Morgan fingerprint density at radius 1 is 0.897 bits per heavy atom. The van der Waals surface area contributed by atoms with Crippen LogP contribution in [0.15, 0.2) is 0 Å². The second kappa shape index (κ2) is 6.94. The highest BCUT2D eigenvalue weighted by Crippen LogP contribution is 2.71. The van der Waals surface area contributed by atoms with Gasteiger partial charge in [0.15, 0.2) is 0 Å². The molecule has 4 fully saturated rings. The lowest BCUT2D eigenvalue weighted by Crippen LogP contribution is -2.60. The first-order valence-corrected chi connectivity index (χ1v) is 12.3. The van der Waals surface area contributed by atoms with Crippen molar-refractivity contribution in [3.8, 4) is 0 Å². The van der Waals surface area contributed by atoms with Crippen molar-refractivity contribution < 1.29 is 14.9 Å². The summed E-state index contributed by atoms with van der Waals surface area (Å²) in [6, 6.07) is 0. The van der Waals surface area contributed by atoms with E-state index in [1.54, 1.807) is 0 Å². The van der Waals surface area contributed by atoms with Crippen molar-refractivity contribution in [2.24, 2.45) is 39.9 Å². The largest absolute Gasteiger partial charge is 0.390 e. The lowest BCUT2D eigenvalue weighted by atomic mass is 9.39. The molecule has 3 heteroatoms. The average molecular weight is 407 g/mol. The maximum atomic E-state index is 10.8. The van der Waals surface area contributed by atoms with Crippen molar-refractivity contribution in [1.82, 2.24) is 0 Å². The van der Waals surface area contributed by atoms with E-state index >= 15 is 0 Å². The Balaban J connectivity index is 1.50. The van der Waals surface area contributed by atoms with Gasteiger partial charge in [-0.2, -0.15) is 0 Å². The molecule has 4 rings (SSSR count). The van der Waals surface area contributed by atoms with Gasteiger partial charge in [0.1, 0.15) is 0 Å². The Hall–Kier alpha value is -0.120. The van der Waals surface area contributed by atoms with E-state index in [1.165, 1.54) is 44.9 Å². The number of ether oxygens (including phenoxy) is 1. The molecule has 2 N–H and O–H groups in total. The molecule has 0 unspecified atom stereocenters. The molecule has 0 heterocycles. The van der Waals surface area contributed by atoms with Gasteiger partial charge in [0, 0.05) is 0 Å². The standard InChI is InChI=1S/C26H46O3/c1-22(2,27)17-29-15-18-7-8-20-19-9-11-23(3)16-24(4,28)13-14-26(23,6)21(19)10-12-25(18,20)5/h18-21,27-28H,7-17H2,1-6H3/t18-,19+,20+,21+,23+,24+,25-,26-/m1/s1. The van der Waals surface area contributed by atoms with E-state index in [-0.39, 0.29) is 5.41 Å². The van der Waals surface area contributed by atoms with E-state index in [9.17, 15) is 10.2 Å². The summed E-state index contributed by atoms with van der Waals surface area (Å²) in [6.45, 7) is 14.6. The first-order chi connectivity index (χ1) is 13.3. The molecular weight excluding hydrogens is 360 g/mol. The maximum absolute atomic E-state index is 10.8. The van der Waals surface area contributed by atoms with Crippen molar-refractivity contribution in [1.29, 1.82) is 0 Å². The van der Waals surface area contributed by atoms with Gasteiger partial charge in [-0.25, -0.2) is 0 Å². The highest BCUT2D eigenvalue weighted by Gasteiger charge is 2.64. The van der Waals surface area contributed by atoms with Gasteiger partial charge < -0.3 is 14.9 Å². The van der Waals surface area contributed by atoms with Crippen LogP contribution in [0, 0.1) is 39.9 Å². The van der Waals surface area contributed by atoms with Crippen LogP contribution < -0.4 is 0 Å². The molecule has 0 bridgehead atoms. The summed E-state index contributed by atoms with van der Waals surface area (Å²) in [5.41, 5.74) is -0.126. The Morgan fingerprint density at radius 3 is 2.31 bits per heavy atom. The fourth-order valence-corrected chi connectivity index (χ4v) is 8.77. The lowest BCUT2D eigenvalue weighted by molar-refractivity contribution is -0.190. The molecule has 0 radical (unpaired) electrons. The van der Waals surface area contributed by atoms with Crippen molar-refractivity contribution in [2.45, 2.75) is 111 Å². The molecule has 0 spiro atoms. The van der Waals surface area contributed by atoms with Gasteiger partial charge in [0.05, 0.1) is 24.4 Å². The van der Waals surface area contributed by atoms with E-state index in [0.717, 1.165) is 37.2 Å². The lowest BCUT2D eigenvalue weighted by Gasteiger charge is -2.66. The van der Waals surface area contributed by atoms with Crippen LogP contribution in [0.25, 0.3) is 0 Å². The van der Waals surface area contributed by atoms with Crippen LogP contribution in [0.4, 0.5) is 0 Å². The monoisotopic (exact) mass is 406 g/mol. The molecule has 0 aromatic rings. The zero-order chi connectivity index (χ0) is 21.3. The summed E-state index contributed by atoms with van der Waals surface area (Å²) < 4.78 is 6.00. The molecule has 4 saturated carbocycles. The molecule has 4 aliphatic carbocycles. The predicted octanol–water partition coefficient (Wildman–Crippen LogP) is 5.57.